The van der Waals surface area contributed by atoms with Crippen molar-refractivity contribution in [3.8, 4) is 0 Å². The van der Waals surface area contributed by atoms with Crippen molar-refractivity contribution in [3.63, 3.8) is 0 Å². The Bertz CT molecular complexity index is 392. The number of hydrogen-bond acceptors (Lipinski definition) is 4. The minimum Gasteiger partial charge on any atom is -0.463 e. The van der Waals surface area contributed by atoms with Crippen LogP contribution < -0.4 is 0 Å². The number of ether oxygens (including phenoxy) is 2. The van der Waals surface area contributed by atoms with Gasteiger partial charge in [-0.3, -0.25) is 4.79 Å². The average molecular weight is 436 g/mol. The number of carbonyl (C=O) groups excluding carboxylic acids is 2. The molecule has 1 heterocycles. The fourth-order valence-electron chi connectivity index (χ4n) is 2.67. The largest absolute Gasteiger partial charge is 0.463 e. The first-order valence-electron chi connectivity index (χ1n) is 8.79. The zero-order valence-electron chi connectivity index (χ0n) is 14.2. The number of rotatable bonds is 3. The van der Waals surface area contributed by atoms with Crippen LogP contribution in [0.1, 0.15) is 71.1 Å². The van der Waals surface area contributed by atoms with Crippen molar-refractivity contribution in [2.45, 2.75) is 77.2 Å². The summed E-state index contributed by atoms with van der Waals surface area (Å²) in [6.45, 7) is 2.17. The van der Waals surface area contributed by atoms with Crippen LogP contribution in [0.2, 0.25) is 0 Å². The molecule has 1 atom stereocenters. The van der Waals surface area contributed by atoms with Gasteiger partial charge < -0.3 is 9.47 Å². The van der Waals surface area contributed by atoms with Gasteiger partial charge in [-0.2, -0.15) is 0 Å². The third kappa shape index (κ3) is 9.33. The summed E-state index contributed by atoms with van der Waals surface area (Å²) in [6.07, 6.45) is 11.5. The Morgan fingerprint density at radius 3 is 2.52 bits per heavy atom. The van der Waals surface area contributed by atoms with E-state index in [0.29, 0.717) is 29.4 Å². The summed E-state index contributed by atoms with van der Waals surface area (Å²) in [5.41, 5.74) is 0.649. The number of allylic oxidation sites excluding steroid dienone is 1. The highest BCUT2D eigenvalue weighted by atomic mass is 127. The van der Waals surface area contributed by atoms with E-state index in [-0.39, 0.29) is 18.0 Å². The second-order valence-electron chi connectivity index (χ2n) is 5.93. The Labute approximate surface area is 153 Å². The van der Waals surface area contributed by atoms with Crippen LogP contribution in [0, 0.1) is 0 Å². The molecule has 0 aromatic carbocycles. The Balaban J connectivity index is 2.73. The van der Waals surface area contributed by atoms with E-state index in [1.807, 2.05) is 6.08 Å². The van der Waals surface area contributed by atoms with Crippen LogP contribution in [0.15, 0.2) is 11.6 Å². The Kier molecular flexibility index (Phi) is 11.4. The topological polar surface area (TPSA) is 52.6 Å². The summed E-state index contributed by atoms with van der Waals surface area (Å²) in [4.78, 5) is 24.0. The molecule has 0 radical (unpaired) electrons. The molecule has 23 heavy (non-hydrogen) atoms. The van der Waals surface area contributed by atoms with E-state index in [2.05, 4.69) is 22.6 Å². The standard InChI is InChI=1S/C18H29IO4/c1-2-22-18(21)15-11-9-7-5-3-4-6-8-10-12-17(20)23-16(13-15)14-19/h11,16H,2-10,12-14H2,1H3/b15-11+. The van der Waals surface area contributed by atoms with E-state index in [9.17, 15) is 9.59 Å². The van der Waals surface area contributed by atoms with Crippen LogP contribution in [0.4, 0.5) is 0 Å². The molecule has 0 fully saturated rings. The summed E-state index contributed by atoms with van der Waals surface area (Å²) in [7, 11) is 0. The molecule has 0 spiro atoms. The smallest absolute Gasteiger partial charge is 0.333 e. The molecular formula is C18H29IO4. The molecule has 1 rings (SSSR count). The Morgan fingerprint density at radius 2 is 1.87 bits per heavy atom. The number of halogens is 1. The van der Waals surface area contributed by atoms with Gasteiger partial charge in [-0.25, -0.2) is 4.79 Å². The van der Waals surface area contributed by atoms with Crippen LogP contribution in [0.3, 0.4) is 0 Å². The molecule has 1 aliphatic rings. The summed E-state index contributed by atoms with van der Waals surface area (Å²) in [6, 6.07) is 0. The lowest BCUT2D eigenvalue weighted by Gasteiger charge is -2.17. The monoisotopic (exact) mass is 436 g/mol. The van der Waals surface area contributed by atoms with E-state index in [1.165, 1.54) is 25.7 Å². The summed E-state index contributed by atoms with van der Waals surface area (Å²) < 4.78 is 11.4. The van der Waals surface area contributed by atoms with Gasteiger partial charge in [0.2, 0.25) is 0 Å². The third-order valence-electron chi connectivity index (χ3n) is 3.93. The number of alkyl halides is 1. The van der Waals surface area contributed by atoms with Crippen molar-refractivity contribution in [3.05, 3.63) is 11.6 Å². The maximum absolute atomic E-state index is 12.1. The fourth-order valence-corrected chi connectivity index (χ4v) is 3.16. The van der Waals surface area contributed by atoms with Gasteiger partial charge in [0.05, 0.1) is 6.61 Å². The molecule has 4 nitrogen and oxygen atoms in total. The second kappa shape index (κ2) is 12.8. The minimum absolute atomic E-state index is 0.148. The fraction of sp³-hybridized carbons (Fsp3) is 0.778. The van der Waals surface area contributed by atoms with E-state index < -0.39 is 0 Å². The SMILES string of the molecule is CCOC(=O)/C1=C/CCCCCCCCCC(=O)OC(CI)C1. The predicted octanol–water partition coefficient (Wildman–Crippen LogP) is 4.74. The van der Waals surface area contributed by atoms with E-state index in [1.54, 1.807) is 6.92 Å². The second-order valence-corrected chi connectivity index (χ2v) is 6.81. The molecule has 0 amide bonds. The maximum Gasteiger partial charge on any atom is 0.333 e. The Hall–Kier alpha value is -0.590. The lowest BCUT2D eigenvalue weighted by atomic mass is 10.0. The zero-order chi connectivity index (χ0) is 16.9. The van der Waals surface area contributed by atoms with Crippen molar-refractivity contribution < 1.29 is 19.1 Å². The molecule has 1 aliphatic heterocycles. The number of hydrogen-bond donors (Lipinski definition) is 0. The molecule has 0 saturated carbocycles. The highest BCUT2D eigenvalue weighted by Gasteiger charge is 2.20. The first-order chi connectivity index (χ1) is 11.2. The first kappa shape index (κ1) is 20.5. The molecular weight excluding hydrogens is 407 g/mol. The summed E-state index contributed by atoms with van der Waals surface area (Å²) in [5.74, 6) is -0.424. The molecule has 0 bridgehead atoms. The molecule has 1 unspecified atom stereocenters. The van der Waals surface area contributed by atoms with Crippen molar-refractivity contribution in [2.75, 3.05) is 11.0 Å². The number of esters is 2. The van der Waals surface area contributed by atoms with Gasteiger partial charge in [0, 0.05) is 22.8 Å². The van der Waals surface area contributed by atoms with Crippen LogP contribution in [0.25, 0.3) is 0 Å². The normalized spacial score (nSPS) is 24.5. The van der Waals surface area contributed by atoms with Gasteiger partial charge >= 0.3 is 11.9 Å². The average Bonchev–Trinajstić information content (AvgIpc) is 2.54. The van der Waals surface area contributed by atoms with Crippen molar-refractivity contribution >= 4 is 34.5 Å². The number of cyclic esters (lactones) is 1. The van der Waals surface area contributed by atoms with Crippen molar-refractivity contribution in [1.82, 2.24) is 0 Å². The first-order valence-corrected chi connectivity index (χ1v) is 10.3. The maximum atomic E-state index is 12.1. The highest BCUT2D eigenvalue weighted by Crippen LogP contribution is 2.18. The lowest BCUT2D eigenvalue weighted by Crippen LogP contribution is -2.23. The Morgan fingerprint density at radius 1 is 1.22 bits per heavy atom. The molecule has 0 N–H and O–H groups in total. The lowest BCUT2D eigenvalue weighted by molar-refractivity contribution is -0.149. The molecule has 0 aliphatic carbocycles. The number of carbonyl (C=O) groups is 2. The predicted molar refractivity (Wildman–Crippen MR) is 99.7 cm³/mol. The van der Waals surface area contributed by atoms with Gasteiger partial charge in [-0.1, -0.05) is 60.8 Å². The molecule has 132 valence electrons. The van der Waals surface area contributed by atoms with E-state index >= 15 is 0 Å². The molecule has 5 heteroatoms. The van der Waals surface area contributed by atoms with Gasteiger partial charge in [0.15, 0.2) is 0 Å². The van der Waals surface area contributed by atoms with Crippen molar-refractivity contribution in [1.29, 1.82) is 0 Å². The quantitative estimate of drug-likeness (QED) is 0.365. The van der Waals surface area contributed by atoms with Gasteiger partial charge in [-0.05, 0) is 26.2 Å². The molecule has 0 aromatic rings. The summed E-state index contributed by atoms with van der Waals surface area (Å²) in [5, 5.41) is 0. The summed E-state index contributed by atoms with van der Waals surface area (Å²) >= 11 is 2.20. The van der Waals surface area contributed by atoms with E-state index in [4.69, 9.17) is 9.47 Å². The van der Waals surface area contributed by atoms with Gasteiger partial charge in [0.25, 0.3) is 0 Å². The highest BCUT2D eigenvalue weighted by molar-refractivity contribution is 14.1. The van der Waals surface area contributed by atoms with Crippen LogP contribution >= 0.6 is 22.6 Å². The van der Waals surface area contributed by atoms with Gasteiger partial charge in [0.1, 0.15) is 6.10 Å². The van der Waals surface area contributed by atoms with Crippen LogP contribution in [0.5, 0.6) is 0 Å². The van der Waals surface area contributed by atoms with Crippen LogP contribution in [-0.4, -0.2) is 29.1 Å². The molecule has 0 aromatic heterocycles. The minimum atomic E-state index is -0.275. The third-order valence-corrected chi connectivity index (χ3v) is 4.91. The van der Waals surface area contributed by atoms with E-state index in [0.717, 1.165) is 25.7 Å². The van der Waals surface area contributed by atoms with Gasteiger partial charge in [-0.15, -0.1) is 0 Å². The zero-order valence-corrected chi connectivity index (χ0v) is 16.3. The molecule has 0 saturated heterocycles. The van der Waals surface area contributed by atoms with Crippen molar-refractivity contribution in [2.24, 2.45) is 0 Å². The van der Waals surface area contributed by atoms with Crippen LogP contribution in [-0.2, 0) is 19.1 Å².